The number of hydrogen-bond donors (Lipinski definition) is 2. The van der Waals surface area contributed by atoms with Gasteiger partial charge in [-0.25, -0.2) is 8.78 Å². The Morgan fingerprint density at radius 2 is 1.71 bits per heavy atom. The molecule has 0 fully saturated rings. The Balaban J connectivity index is 1.49. The van der Waals surface area contributed by atoms with E-state index in [4.69, 9.17) is 0 Å². The third-order valence-corrected chi connectivity index (χ3v) is 4.91. The number of aromatic nitrogens is 3. The van der Waals surface area contributed by atoms with Crippen LogP contribution in [0.25, 0.3) is 22.4 Å². The number of rotatable bonds is 6. The first-order valence-corrected chi connectivity index (χ1v) is 9.39. The van der Waals surface area contributed by atoms with Crippen molar-refractivity contribution >= 4 is 11.9 Å². The van der Waals surface area contributed by atoms with Gasteiger partial charge in [0, 0.05) is 41.0 Å². The van der Waals surface area contributed by atoms with E-state index in [1.807, 2.05) is 30.3 Å². The Bertz CT molecular complexity index is 1060. The van der Waals surface area contributed by atoms with E-state index in [1.54, 1.807) is 18.6 Å². The molecule has 2 N–H and O–H groups in total. The van der Waals surface area contributed by atoms with Crippen molar-refractivity contribution < 1.29 is 8.78 Å². The summed E-state index contributed by atoms with van der Waals surface area (Å²) in [5, 5.41) is 7.25. The van der Waals surface area contributed by atoms with Gasteiger partial charge in [0.15, 0.2) is 0 Å². The number of pyridine rings is 1. The second kappa shape index (κ2) is 8.33. The fraction of sp³-hybridized carbons (Fsp3) is 0.0476. The molecule has 4 nitrogen and oxygen atoms in total. The minimum atomic E-state index is -0.589. The number of benzene rings is 2. The van der Waals surface area contributed by atoms with Crippen LogP contribution >= 0.6 is 11.9 Å². The van der Waals surface area contributed by atoms with Crippen LogP contribution in [0.4, 0.5) is 8.78 Å². The van der Waals surface area contributed by atoms with E-state index in [1.165, 1.54) is 24.1 Å². The summed E-state index contributed by atoms with van der Waals surface area (Å²) in [4.78, 5) is 4.54. The molecule has 7 heteroatoms. The highest BCUT2D eigenvalue weighted by Gasteiger charge is 2.10. The molecule has 0 saturated carbocycles. The Morgan fingerprint density at radius 1 is 0.929 bits per heavy atom. The smallest absolute Gasteiger partial charge is 0.127 e. The molecule has 0 aliphatic heterocycles. The van der Waals surface area contributed by atoms with Crippen LogP contribution in [0.1, 0.15) is 5.56 Å². The molecular weight excluding hydrogens is 378 g/mol. The summed E-state index contributed by atoms with van der Waals surface area (Å²) < 4.78 is 29.7. The summed E-state index contributed by atoms with van der Waals surface area (Å²) in [7, 11) is 0. The minimum Gasteiger partial charge on any atom is -0.277 e. The highest BCUT2D eigenvalue weighted by Crippen LogP contribution is 2.30. The lowest BCUT2D eigenvalue weighted by molar-refractivity contribution is 0.577. The maximum absolute atomic E-state index is 13.3. The van der Waals surface area contributed by atoms with Crippen molar-refractivity contribution in [1.82, 2.24) is 19.9 Å². The molecule has 0 atom stereocenters. The fourth-order valence-electron chi connectivity index (χ4n) is 2.88. The predicted octanol–water partition coefficient (Wildman–Crippen LogP) is 5.21. The van der Waals surface area contributed by atoms with E-state index in [-0.39, 0.29) is 0 Å². The van der Waals surface area contributed by atoms with Crippen LogP contribution in [0.3, 0.4) is 0 Å². The summed E-state index contributed by atoms with van der Waals surface area (Å²) in [6, 6.07) is 15.4. The Hall–Kier alpha value is -3.03. The Kier molecular flexibility index (Phi) is 5.45. The van der Waals surface area contributed by atoms with Crippen LogP contribution in [0.15, 0.2) is 78.1 Å². The van der Waals surface area contributed by atoms with Crippen molar-refractivity contribution in [3.8, 4) is 22.4 Å². The largest absolute Gasteiger partial charge is 0.277 e. The average Bonchev–Trinajstić information content (AvgIpc) is 3.18. The Morgan fingerprint density at radius 3 is 2.50 bits per heavy atom. The molecule has 4 rings (SSSR count). The maximum atomic E-state index is 13.3. The topological polar surface area (TPSA) is 53.6 Å². The van der Waals surface area contributed by atoms with Gasteiger partial charge in [-0.1, -0.05) is 18.2 Å². The molecule has 0 radical (unpaired) electrons. The number of nitrogens with one attached hydrogen (secondary N) is 2. The molecule has 0 aliphatic carbocycles. The van der Waals surface area contributed by atoms with E-state index in [0.717, 1.165) is 34.0 Å². The van der Waals surface area contributed by atoms with Gasteiger partial charge in [-0.3, -0.25) is 14.8 Å². The van der Waals surface area contributed by atoms with E-state index in [0.29, 0.717) is 11.4 Å². The summed E-state index contributed by atoms with van der Waals surface area (Å²) >= 11 is 1.19. The molecule has 140 valence electrons. The zero-order chi connectivity index (χ0) is 19.3. The third kappa shape index (κ3) is 4.27. The van der Waals surface area contributed by atoms with Gasteiger partial charge in [0.05, 0.1) is 11.9 Å². The van der Waals surface area contributed by atoms with Crippen LogP contribution in [0, 0.1) is 11.6 Å². The van der Waals surface area contributed by atoms with Gasteiger partial charge in [-0.05, 0) is 53.4 Å². The highest BCUT2D eigenvalue weighted by atomic mass is 32.2. The first kappa shape index (κ1) is 18.3. The monoisotopic (exact) mass is 394 g/mol. The van der Waals surface area contributed by atoms with Crippen LogP contribution < -0.4 is 4.72 Å². The van der Waals surface area contributed by atoms with Crippen molar-refractivity contribution in [1.29, 1.82) is 0 Å². The SMILES string of the molecule is Fc1cc(F)cc(SNCc2cccc(-c3[nH]ncc3-c3ccncc3)c2)c1. The van der Waals surface area contributed by atoms with Crippen molar-refractivity contribution in [3.05, 3.63) is 90.4 Å². The number of hydrogen-bond acceptors (Lipinski definition) is 4. The number of halogens is 2. The van der Waals surface area contributed by atoms with Gasteiger partial charge in [-0.15, -0.1) is 0 Å². The third-order valence-electron chi connectivity index (χ3n) is 4.15. The summed E-state index contributed by atoms with van der Waals surface area (Å²) in [5.74, 6) is -1.18. The van der Waals surface area contributed by atoms with Gasteiger partial charge in [-0.2, -0.15) is 5.10 Å². The lowest BCUT2D eigenvalue weighted by atomic mass is 10.0. The first-order chi connectivity index (χ1) is 13.7. The van der Waals surface area contributed by atoms with Crippen LogP contribution in [0.5, 0.6) is 0 Å². The molecule has 0 aliphatic rings. The second-order valence-corrected chi connectivity index (χ2v) is 7.09. The molecule has 0 saturated heterocycles. The molecule has 0 spiro atoms. The second-order valence-electron chi connectivity index (χ2n) is 6.12. The van der Waals surface area contributed by atoms with Gasteiger partial charge >= 0.3 is 0 Å². The van der Waals surface area contributed by atoms with Crippen molar-refractivity contribution in [2.45, 2.75) is 11.4 Å². The summed E-state index contributed by atoms with van der Waals surface area (Å²) in [5.41, 5.74) is 5.00. The molecule has 2 aromatic carbocycles. The molecule has 2 heterocycles. The molecule has 0 bridgehead atoms. The number of nitrogens with zero attached hydrogens (tertiary/aromatic N) is 2. The van der Waals surface area contributed by atoms with Gasteiger partial charge < -0.3 is 0 Å². The Labute approximate surface area is 165 Å². The average molecular weight is 394 g/mol. The molecule has 0 unspecified atom stereocenters. The van der Waals surface area contributed by atoms with Crippen molar-refractivity contribution in [2.24, 2.45) is 0 Å². The minimum absolute atomic E-state index is 0.488. The number of H-pyrrole nitrogens is 1. The molecular formula is C21H16F2N4S. The molecule has 4 aromatic rings. The van der Waals surface area contributed by atoms with Gasteiger partial charge in [0.25, 0.3) is 0 Å². The van der Waals surface area contributed by atoms with Crippen LogP contribution in [-0.2, 0) is 6.54 Å². The lowest BCUT2D eigenvalue weighted by Crippen LogP contribution is -2.03. The van der Waals surface area contributed by atoms with Gasteiger partial charge in [0.1, 0.15) is 11.6 Å². The molecule has 0 amide bonds. The van der Waals surface area contributed by atoms with E-state index in [2.05, 4.69) is 26.0 Å². The van der Waals surface area contributed by atoms with Crippen molar-refractivity contribution in [3.63, 3.8) is 0 Å². The van der Waals surface area contributed by atoms with Gasteiger partial charge in [0.2, 0.25) is 0 Å². The van der Waals surface area contributed by atoms with E-state index < -0.39 is 11.6 Å². The quantitative estimate of drug-likeness (QED) is 0.441. The zero-order valence-electron chi connectivity index (χ0n) is 14.7. The predicted molar refractivity (Wildman–Crippen MR) is 106 cm³/mol. The van der Waals surface area contributed by atoms with Crippen LogP contribution in [-0.4, -0.2) is 15.2 Å². The molecule has 2 aromatic heterocycles. The highest BCUT2D eigenvalue weighted by molar-refractivity contribution is 7.97. The normalized spacial score (nSPS) is 10.9. The summed E-state index contributed by atoms with van der Waals surface area (Å²) in [6.07, 6.45) is 5.29. The maximum Gasteiger partial charge on any atom is 0.127 e. The summed E-state index contributed by atoms with van der Waals surface area (Å²) in [6.45, 7) is 0.537. The number of aromatic amines is 1. The van der Waals surface area contributed by atoms with Crippen LogP contribution in [0.2, 0.25) is 0 Å². The van der Waals surface area contributed by atoms with E-state index in [9.17, 15) is 8.78 Å². The standard InChI is InChI=1S/C21H16F2N4S/c22-17-9-18(23)11-19(10-17)28-26-12-14-2-1-3-16(8-14)21-20(13-25-27-21)15-4-6-24-7-5-15/h1-11,13,26H,12H2,(H,25,27). The van der Waals surface area contributed by atoms with E-state index >= 15 is 0 Å². The lowest BCUT2D eigenvalue weighted by Gasteiger charge is -2.08. The zero-order valence-corrected chi connectivity index (χ0v) is 15.5. The van der Waals surface area contributed by atoms with Crippen molar-refractivity contribution in [2.75, 3.05) is 0 Å². The molecule has 28 heavy (non-hydrogen) atoms. The fourth-order valence-corrected chi connectivity index (χ4v) is 3.63. The first-order valence-electron chi connectivity index (χ1n) is 8.58.